The second-order valence-corrected chi connectivity index (χ2v) is 7.83. The highest BCUT2D eigenvalue weighted by atomic mass is 16.1. The molecule has 2 atom stereocenters. The van der Waals surface area contributed by atoms with Gasteiger partial charge in [-0.15, -0.1) is 0 Å². The fourth-order valence-electron chi connectivity index (χ4n) is 4.41. The summed E-state index contributed by atoms with van der Waals surface area (Å²) < 4.78 is 2.03. The van der Waals surface area contributed by atoms with E-state index in [1.807, 2.05) is 59.2 Å². The van der Waals surface area contributed by atoms with Crippen molar-refractivity contribution in [1.29, 1.82) is 0 Å². The van der Waals surface area contributed by atoms with Crippen LogP contribution in [-0.2, 0) is 5.54 Å². The van der Waals surface area contributed by atoms with Crippen LogP contribution in [0.4, 0.5) is 0 Å². The predicted molar refractivity (Wildman–Crippen MR) is 117 cm³/mol. The van der Waals surface area contributed by atoms with Crippen LogP contribution in [-0.4, -0.2) is 21.4 Å². The first-order valence-corrected chi connectivity index (χ1v) is 10.2. The van der Waals surface area contributed by atoms with Crippen LogP contribution in [0.15, 0.2) is 104 Å². The summed E-state index contributed by atoms with van der Waals surface area (Å²) in [6.07, 6.45) is 4.18. The van der Waals surface area contributed by atoms with Crippen LogP contribution >= 0.6 is 0 Å². The standard InChI is InChI=1S/C26H23N3O/c27-23-16-22(23)25(30)24-17-28-18-29(24)26(19-10-4-1-5-11-19,20-12-6-2-7-13-20)21-14-8-3-9-15-21/h1-15,17-18,22-23H,16,27H2/t22-,23+/m1/s1. The molecule has 0 aliphatic heterocycles. The average molecular weight is 393 g/mol. The second kappa shape index (κ2) is 7.39. The van der Waals surface area contributed by atoms with Crippen LogP contribution in [0.5, 0.6) is 0 Å². The lowest BCUT2D eigenvalue weighted by atomic mass is 9.76. The first-order valence-electron chi connectivity index (χ1n) is 10.2. The molecule has 1 aromatic heterocycles. The number of hydrogen-bond donors (Lipinski definition) is 1. The van der Waals surface area contributed by atoms with Gasteiger partial charge < -0.3 is 10.3 Å². The van der Waals surface area contributed by atoms with E-state index in [1.165, 1.54) is 0 Å². The number of imidazole rings is 1. The van der Waals surface area contributed by atoms with E-state index in [0.717, 1.165) is 23.1 Å². The van der Waals surface area contributed by atoms with Gasteiger partial charge in [0.2, 0.25) is 0 Å². The predicted octanol–water partition coefficient (Wildman–Crippen LogP) is 4.25. The first-order chi connectivity index (χ1) is 14.7. The van der Waals surface area contributed by atoms with Crippen LogP contribution in [0.2, 0.25) is 0 Å². The molecular weight excluding hydrogens is 370 g/mol. The lowest BCUT2D eigenvalue weighted by molar-refractivity contribution is 0.0954. The molecule has 0 radical (unpaired) electrons. The Labute approximate surface area is 176 Å². The second-order valence-electron chi connectivity index (χ2n) is 7.83. The Morgan fingerprint density at radius 3 is 1.67 bits per heavy atom. The smallest absolute Gasteiger partial charge is 0.185 e. The number of benzene rings is 3. The van der Waals surface area contributed by atoms with Gasteiger partial charge in [0, 0.05) is 12.0 Å². The molecule has 0 spiro atoms. The maximum atomic E-state index is 13.3. The van der Waals surface area contributed by atoms with Gasteiger partial charge >= 0.3 is 0 Å². The van der Waals surface area contributed by atoms with Crippen molar-refractivity contribution in [2.75, 3.05) is 0 Å². The van der Waals surface area contributed by atoms with Gasteiger partial charge in [-0.25, -0.2) is 4.98 Å². The molecule has 1 saturated carbocycles. The van der Waals surface area contributed by atoms with Crippen molar-refractivity contribution < 1.29 is 4.79 Å². The summed E-state index contributed by atoms with van der Waals surface area (Å²) in [6, 6.07) is 30.8. The number of rotatable bonds is 6. The Morgan fingerprint density at radius 2 is 1.27 bits per heavy atom. The average Bonchev–Trinajstić information content (AvgIpc) is 3.34. The third-order valence-corrected chi connectivity index (χ3v) is 6.00. The van der Waals surface area contributed by atoms with Gasteiger partial charge in [-0.2, -0.15) is 0 Å². The summed E-state index contributed by atoms with van der Waals surface area (Å²) in [7, 11) is 0. The zero-order valence-electron chi connectivity index (χ0n) is 16.6. The minimum Gasteiger partial charge on any atom is -0.327 e. The number of Topliss-reactive ketones (excluding diaryl/α,β-unsaturated/α-hetero) is 1. The summed E-state index contributed by atoms with van der Waals surface area (Å²) in [6.45, 7) is 0. The molecule has 1 heterocycles. The molecular formula is C26H23N3O. The molecule has 4 heteroatoms. The lowest BCUT2D eigenvalue weighted by Gasteiger charge is -2.38. The van der Waals surface area contributed by atoms with Crippen molar-refractivity contribution in [2.45, 2.75) is 18.0 Å². The molecule has 148 valence electrons. The highest BCUT2D eigenvalue weighted by molar-refractivity contribution is 5.99. The van der Waals surface area contributed by atoms with E-state index in [1.54, 1.807) is 12.5 Å². The summed E-state index contributed by atoms with van der Waals surface area (Å²) >= 11 is 0. The number of carbonyl (C=O) groups is 1. The van der Waals surface area contributed by atoms with Gasteiger partial charge in [0.1, 0.15) is 11.2 Å². The Morgan fingerprint density at radius 1 is 0.833 bits per heavy atom. The summed E-state index contributed by atoms with van der Waals surface area (Å²) in [4.78, 5) is 17.7. The van der Waals surface area contributed by atoms with Crippen LogP contribution < -0.4 is 5.73 Å². The number of nitrogens with zero attached hydrogens (tertiary/aromatic N) is 2. The summed E-state index contributed by atoms with van der Waals surface area (Å²) in [5, 5.41) is 0. The highest BCUT2D eigenvalue weighted by Crippen LogP contribution is 2.42. The number of carbonyl (C=O) groups excluding carboxylic acids is 1. The van der Waals surface area contributed by atoms with Crippen molar-refractivity contribution in [2.24, 2.45) is 11.7 Å². The maximum Gasteiger partial charge on any atom is 0.185 e. The van der Waals surface area contributed by atoms with Gasteiger partial charge in [-0.1, -0.05) is 91.0 Å². The van der Waals surface area contributed by atoms with Crippen molar-refractivity contribution >= 4 is 5.78 Å². The van der Waals surface area contributed by atoms with Gasteiger partial charge in [0.25, 0.3) is 0 Å². The molecule has 4 aromatic rings. The molecule has 5 rings (SSSR count). The third kappa shape index (κ3) is 2.88. The van der Waals surface area contributed by atoms with Gasteiger partial charge in [-0.05, 0) is 23.1 Å². The molecule has 1 aliphatic rings. The Hall–Kier alpha value is -3.50. The lowest BCUT2D eigenvalue weighted by Crippen LogP contribution is -2.39. The molecule has 30 heavy (non-hydrogen) atoms. The molecule has 0 saturated heterocycles. The van der Waals surface area contributed by atoms with Gasteiger partial charge in [0.05, 0.1) is 12.5 Å². The fraction of sp³-hybridized carbons (Fsp3) is 0.154. The van der Waals surface area contributed by atoms with Crippen molar-refractivity contribution in [3.05, 3.63) is 126 Å². The zero-order valence-corrected chi connectivity index (χ0v) is 16.6. The van der Waals surface area contributed by atoms with E-state index >= 15 is 0 Å². The van der Waals surface area contributed by atoms with E-state index in [9.17, 15) is 4.79 Å². The largest absolute Gasteiger partial charge is 0.327 e. The summed E-state index contributed by atoms with van der Waals surface area (Å²) in [5.41, 5.74) is 9.06. The Balaban J connectivity index is 1.85. The SMILES string of the molecule is N[C@H]1C[C@H]1C(=O)c1cncn1C(c1ccccc1)(c1ccccc1)c1ccccc1. The summed E-state index contributed by atoms with van der Waals surface area (Å²) in [5.74, 6) is -0.0624. The molecule has 0 bridgehead atoms. The van der Waals surface area contributed by atoms with Crippen molar-refractivity contribution in [3.63, 3.8) is 0 Å². The van der Waals surface area contributed by atoms with Gasteiger partial charge in [-0.3, -0.25) is 4.79 Å². The molecule has 3 aromatic carbocycles. The zero-order chi connectivity index (χ0) is 20.6. The minimum atomic E-state index is -0.732. The maximum absolute atomic E-state index is 13.3. The number of hydrogen-bond acceptors (Lipinski definition) is 3. The van der Waals surface area contributed by atoms with Crippen LogP contribution in [0.3, 0.4) is 0 Å². The van der Waals surface area contributed by atoms with E-state index in [2.05, 4.69) is 41.4 Å². The van der Waals surface area contributed by atoms with Crippen molar-refractivity contribution in [3.8, 4) is 0 Å². The topological polar surface area (TPSA) is 60.9 Å². The number of ketones is 1. The van der Waals surface area contributed by atoms with Gasteiger partial charge in [0.15, 0.2) is 5.78 Å². The molecule has 0 unspecified atom stereocenters. The Bertz CT molecular complexity index is 1060. The molecule has 1 aliphatic carbocycles. The van der Waals surface area contributed by atoms with E-state index in [0.29, 0.717) is 5.69 Å². The van der Waals surface area contributed by atoms with E-state index < -0.39 is 5.54 Å². The quantitative estimate of drug-likeness (QED) is 0.393. The van der Waals surface area contributed by atoms with E-state index in [4.69, 9.17) is 5.73 Å². The Kier molecular flexibility index (Phi) is 4.57. The minimum absolute atomic E-state index is 0.0552. The van der Waals surface area contributed by atoms with Crippen LogP contribution in [0.25, 0.3) is 0 Å². The highest BCUT2D eigenvalue weighted by Gasteiger charge is 2.45. The third-order valence-electron chi connectivity index (χ3n) is 6.00. The van der Waals surface area contributed by atoms with Crippen LogP contribution in [0.1, 0.15) is 33.6 Å². The molecule has 2 N–H and O–H groups in total. The fourth-order valence-corrected chi connectivity index (χ4v) is 4.41. The van der Waals surface area contributed by atoms with Crippen molar-refractivity contribution in [1.82, 2.24) is 9.55 Å². The molecule has 4 nitrogen and oxygen atoms in total. The number of nitrogens with two attached hydrogens (primary N) is 1. The number of aromatic nitrogens is 2. The molecule has 1 fully saturated rings. The van der Waals surface area contributed by atoms with E-state index in [-0.39, 0.29) is 17.7 Å². The first kappa shape index (κ1) is 18.5. The normalized spacial score (nSPS) is 18.2. The monoisotopic (exact) mass is 393 g/mol. The van der Waals surface area contributed by atoms with Crippen LogP contribution in [0, 0.1) is 5.92 Å². The molecule has 0 amide bonds.